The highest BCUT2D eigenvalue weighted by molar-refractivity contribution is 6.29. The summed E-state index contributed by atoms with van der Waals surface area (Å²) in [5, 5.41) is 12.3. The van der Waals surface area contributed by atoms with Crippen molar-refractivity contribution >= 4 is 17.3 Å². The Hall–Kier alpha value is -2.38. The van der Waals surface area contributed by atoms with Crippen molar-refractivity contribution in [1.29, 1.82) is 0 Å². The number of hydrogen-bond donors (Lipinski definition) is 1. The van der Waals surface area contributed by atoms with Crippen LogP contribution in [-0.2, 0) is 0 Å². The van der Waals surface area contributed by atoms with Gasteiger partial charge in [-0.2, -0.15) is 0 Å². The van der Waals surface area contributed by atoms with E-state index in [0.29, 0.717) is 22.4 Å². The first-order chi connectivity index (χ1) is 10.0. The molecule has 0 radical (unpaired) electrons. The Morgan fingerprint density at radius 3 is 2.71 bits per heavy atom. The van der Waals surface area contributed by atoms with Gasteiger partial charge in [-0.25, -0.2) is 9.37 Å². The van der Waals surface area contributed by atoms with Crippen LogP contribution in [0.3, 0.4) is 0 Å². The molecule has 0 aliphatic carbocycles. The molecule has 0 bridgehead atoms. The number of halogens is 2. The summed E-state index contributed by atoms with van der Waals surface area (Å²) >= 11 is 5.84. The van der Waals surface area contributed by atoms with Gasteiger partial charge in [0.05, 0.1) is 11.3 Å². The van der Waals surface area contributed by atoms with Crippen LogP contribution in [0.15, 0.2) is 35.6 Å². The predicted octanol–water partition coefficient (Wildman–Crippen LogP) is 3.78. The van der Waals surface area contributed by atoms with Crippen LogP contribution in [0.1, 0.15) is 29.2 Å². The van der Waals surface area contributed by atoms with E-state index < -0.39 is 0 Å². The summed E-state index contributed by atoms with van der Waals surface area (Å²) in [6.45, 7) is 3.48. The van der Waals surface area contributed by atoms with E-state index in [4.69, 9.17) is 16.8 Å². The number of aromatic nitrogens is 1. The molecule has 0 aliphatic heterocycles. The second-order valence-corrected chi connectivity index (χ2v) is 4.83. The summed E-state index contributed by atoms with van der Waals surface area (Å²) in [5.74, 6) is 5.47. The second-order valence-electron chi connectivity index (χ2n) is 4.45. The first-order valence-corrected chi connectivity index (χ1v) is 6.52. The van der Waals surface area contributed by atoms with Gasteiger partial charge in [0.25, 0.3) is 0 Å². The highest BCUT2D eigenvalue weighted by Crippen LogP contribution is 2.14. The summed E-state index contributed by atoms with van der Waals surface area (Å²) in [6, 6.07) is 6.00. The van der Waals surface area contributed by atoms with Gasteiger partial charge in [0.1, 0.15) is 11.0 Å². The quantitative estimate of drug-likeness (QED) is 0.286. The van der Waals surface area contributed by atoms with Crippen molar-refractivity contribution in [2.45, 2.75) is 13.8 Å². The number of nitrogens with zero attached hydrogens (tertiary/aromatic N) is 2. The molecule has 0 saturated carbocycles. The number of oxime groups is 1. The van der Waals surface area contributed by atoms with Crippen LogP contribution in [0, 0.1) is 24.6 Å². The van der Waals surface area contributed by atoms with Gasteiger partial charge in [0.2, 0.25) is 0 Å². The fourth-order valence-electron chi connectivity index (χ4n) is 1.75. The summed E-state index contributed by atoms with van der Waals surface area (Å²) in [7, 11) is 0. The minimum Gasteiger partial charge on any atom is -0.411 e. The van der Waals surface area contributed by atoms with Gasteiger partial charge in [-0.15, -0.1) is 0 Å². The van der Waals surface area contributed by atoms with Gasteiger partial charge in [-0.05, 0) is 37.6 Å². The molecule has 3 nitrogen and oxygen atoms in total. The molecule has 21 heavy (non-hydrogen) atoms. The zero-order chi connectivity index (χ0) is 15.4. The molecule has 2 rings (SSSR count). The van der Waals surface area contributed by atoms with E-state index in [2.05, 4.69) is 22.0 Å². The molecule has 1 aromatic heterocycles. The van der Waals surface area contributed by atoms with Gasteiger partial charge in [-0.3, -0.25) is 0 Å². The van der Waals surface area contributed by atoms with E-state index >= 15 is 0 Å². The topological polar surface area (TPSA) is 45.5 Å². The van der Waals surface area contributed by atoms with Crippen molar-refractivity contribution < 1.29 is 9.60 Å². The Balaban J connectivity index is 2.50. The molecule has 0 aliphatic rings. The summed E-state index contributed by atoms with van der Waals surface area (Å²) < 4.78 is 13.2. The summed E-state index contributed by atoms with van der Waals surface area (Å²) in [5.41, 5.74) is 2.98. The van der Waals surface area contributed by atoms with Crippen molar-refractivity contribution in [2.75, 3.05) is 0 Å². The van der Waals surface area contributed by atoms with E-state index in [0.717, 1.165) is 5.56 Å². The van der Waals surface area contributed by atoms with Gasteiger partial charge < -0.3 is 5.21 Å². The lowest BCUT2D eigenvalue weighted by atomic mass is 10.1. The lowest BCUT2D eigenvalue weighted by Crippen LogP contribution is -2.00. The first kappa shape index (κ1) is 15.0. The van der Waals surface area contributed by atoms with E-state index in [1.807, 2.05) is 6.92 Å². The Labute approximate surface area is 127 Å². The summed E-state index contributed by atoms with van der Waals surface area (Å²) in [6.07, 6.45) is 1.49. The van der Waals surface area contributed by atoms with Gasteiger partial charge >= 0.3 is 0 Å². The fourth-order valence-corrected chi connectivity index (χ4v) is 1.90. The average Bonchev–Trinajstić information content (AvgIpc) is 2.48. The van der Waals surface area contributed by atoms with E-state index in [1.165, 1.54) is 18.3 Å². The molecule has 5 heteroatoms. The maximum atomic E-state index is 13.2. The fraction of sp³-hybridized carbons (Fsp3) is 0.125. The number of aryl methyl sites for hydroxylation is 1. The Kier molecular flexibility index (Phi) is 4.56. The van der Waals surface area contributed by atoms with E-state index in [-0.39, 0.29) is 11.0 Å². The van der Waals surface area contributed by atoms with Gasteiger partial charge in [-0.1, -0.05) is 34.7 Å². The van der Waals surface area contributed by atoms with Crippen molar-refractivity contribution in [3.63, 3.8) is 0 Å². The molecule has 0 fully saturated rings. The molecule has 0 atom stereocenters. The SMILES string of the molecule is CC(=NO)c1cc(Cl)ncc1C#Cc1cc(F)ccc1C. The van der Waals surface area contributed by atoms with Crippen molar-refractivity contribution in [2.24, 2.45) is 5.16 Å². The molecule has 0 unspecified atom stereocenters. The lowest BCUT2D eigenvalue weighted by molar-refractivity contribution is 0.319. The first-order valence-electron chi connectivity index (χ1n) is 6.14. The molecule has 106 valence electrons. The monoisotopic (exact) mass is 302 g/mol. The highest BCUT2D eigenvalue weighted by Gasteiger charge is 2.06. The predicted molar refractivity (Wildman–Crippen MR) is 80.4 cm³/mol. The molecule has 2 aromatic rings. The highest BCUT2D eigenvalue weighted by atomic mass is 35.5. The number of rotatable bonds is 1. The largest absolute Gasteiger partial charge is 0.411 e. The molecular formula is C16H12ClFN2O. The maximum Gasteiger partial charge on any atom is 0.129 e. The summed E-state index contributed by atoms with van der Waals surface area (Å²) in [4.78, 5) is 3.96. The molecule has 1 heterocycles. The van der Waals surface area contributed by atoms with Gasteiger partial charge in [0.15, 0.2) is 0 Å². The third kappa shape index (κ3) is 3.59. The third-order valence-electron chi connectivity index (χ3n) is 2.94. The zero-order valence-corrected chi connectivity index (χ0v) is 12.2. The molecule has 0 spiro atoms. The molecule has 0 amide bonds. The normalized spacial score (nSPS) is 11.0. The molecular weight excluding hydrogens is 291 g/mol. The second kappa shape index (κ2) is 6.38. The number of hydrogen-bond acceptors (Lipinski definition) is 3. The Bertz CT molecular complexity index is 776. The smallest absolute Gasteiger partial charge is 0.129 e. The molecule has 1 aromatic carbocycles. The van der Waals surface area contributed by atoms with Crippen molar-refractivity contribution in [3.8, 4) is 11.8 Å². The standard InChI is InChI=1S/C16H12ClFN2O/c1-10-3-6-14(18)7-12(10)4-5-13-9-19-16(17)8-15(13)11(2)20-21/h3,6-9,21H,1-2H3. The van der Waals surface area contributed by atoms with Gasteiger partial charge in [0, 0.05) is 17.3 Å². The molecule has 1 N–H and O–H groups in total. The van der Waals surface area contributed by atoms with Crippen LogP contribution in [0.5, 0.6) is 0 Å². The third-order valence-corrected chi connectivity index (χ3v) is 3.15. The Morgan fingerprint density at radius 2 is 2.00 bits per heavy atom. The van der Waals surface area contributed by atoms with E-state index in [9.17, 15) is 4.39 Å². The van der Waals surface area contributed by atoms with Crippen molar-refractivity contribution in [1.82, 2.24) is 4.98 Å². The maximum absolute atomic E-state index is 13.2. The zero-order valence-electron chi connectivity index (χ0n) is 11.5. The van der Waals surface area contributed by atoms with Crippen LogP contribution in [0.25, 0.3) is 0 Å². The van der Waals surface area contributed by atoms with Crippen LogP contribution in [-0.4, -0.2) is 15.9 Å². The van der Waals surface area contributed by atoms with Crippen LogP contribution >= 0.6 is 11.6 Å². The van der Waals surface area contributed by atoms with Crippen molar-refractivity contribution in [3.05, 3.63) is 63.7 Å². The average molecular weight is 303 g/mol. The number of pyridine rings is 1. The van der Waals surface area contributed by atoms with Crippen LogP contribution in [0.4, 0.5) is 4.39 Å². The van der Waals surface area contributed by atoms with Crippen LogP contribution < -0.4 is 0 Å². The minimum absolute atomic E-state index is 0.278. The van der Waals surface area contributed by atoms with Crippen LogP contribution in [0.2, 0.25) is 5.15 Å². The number of benzene rings is 1. The minimum atomic E-state index is -0.340. The molecule has 0 saturated heterocycles. The Morgan fingerprint density at radius 1 is 1.29 bits per heavy atom. The van der Waals surface area contributed by atoms with E-state index in [1.54, 1.807) is 19.1 Å². The lowest BCUT2D eigenvalue weighted by Gasteiger charge is -2.03.